The quantitative estimate of drug-likeness (QED) is 0.761. The number of aryl methyl sites for hydroxylation is 1. The van der Waals surface area contributed by atoms with Gasteiger partial charge in [-0.25, -0.2) is 4.68 Å². The van der Waals surface area contributed by atoms with Crippen LogP contribution in [0.1, 0.15) is 29.9 Å². The molecule has 0 spiro atoms. The summed E-state index contributed by atoms with van der Waals surface area (Å²) < 4.78 is 1.31. The number of nitrogen functional groups attached to an aromatic ring is 1. The van der Waals surface area contributed by atoms with Crippen LogP contribution in [0.4, 0.5) is 0 Å². The van der Waals surface area contributed by atoms with E-state index in [0.717, 1.165) is 48.0 Å². The van der Waals surface area contributed by atoms with Gasteiger partial charge in [-0.15, -0.1) is 0 Å². The number of nitrogens with two attached hydrogens (primary N) is 1. The van der Waals surface area contributed by atoms with Crippen molar-refractivity contribution in [3.63, 3.8) is 0 Å². The van der Waals surface area contributed by atoms with E-state index in [9.17, 15) is 4.79 Å². The fourth-order valence-electron chi connectivity index (χ4n) is 3.14. The Morgan fingerprint density at radius 1 is 1.26 bits per heavy atom. The van der Waals surface area contributed by atoms with Gasteiger partial charge in [-0.05, 0) is 50.4 Å². The molecule has 0 saturated carbocycles. The van der Waals surface area contributed by atoms with E-state index in [1.807, 2.05) is 31.2 Å². The van der Waals surface area contributed by atoms with E-state index < -0.39 is 0 Å². The van der Waals surface area contributed by atoms with Gasteiger partial charge in [-0.2, -0.15) is 0 Å². The molecule has 0 atom stereocenters. The standard InChI is InChI=1S/C15H19N3O/c1-10-12-4-2-3-5-13(12)18(16)15(19)14(10)11-6-8-17-9-7-11/h2-5,11,17H,6-9,16H2,1H3. The lowest BCUT2D eigenvalue weighted by atomic mass is 9.87. The molecule has 1 saturated heterocycles. The predicted molar refractivity (Wildman–Crippen MR) is 77.9 cm³/mol. The summed E-state index contributed by atoms with van der Waals surface area (Å²) in [5, 5.41) is 4.42. The zero-order chi connectivity index (χ0) is 13.4. The number of piperidine rings is 1. The van der Waals surface area contributed by atoms with Gasteiger partial charge in [0, 0.05) is 10.9 Å². The van der Waals surface area contributed by atoms with Crippen molar-refractivity contribution in [3.8, 4) is 0 Å². The molecule has 1 aromatic carbocycles. The van der Waals surface area contributed by atoms with Crippen LogP contribution in [0, 0.1) is 6.92 Å². The normalized spacial score (nSPS) is 16.9. The number of hydrogen-bond acceptors (Lipinski definition) is 3. The molecule has 3 N–H and O–H groups in total. The Bertz CT molecular complexity index is 669. The molecule has 1 aliphatic rings. The monoisotopic (exact) mass is 257 g/mol. The highest BCUT2D eigenvalue weighted by molar-refractivity contribution is 5.83. The molecule has 0 unspecified atom stereocenters. The van der Waals surface area contributed by atoms with Crippen LogP contribution in [0.15, 0.2) is 29.1 Å². The Morgan fingerprint density at radius 2 is 1.95 bits per heavy atom. The summed E-state index contributed by atoms with van der Waals surface area (Å²) in [5.41, 5.74) is 2.77. The Morgan fingerprint density at radius 3 is 2.68 bits per heavy atom. The highest BCUT2D eigenvalue weighted by Crippen LogP contribution is 2.28. The molecule has 0 radical (unpaired) electrons. The van der Waals surface area contributed by atoms with Crippen molar-refractivity contribution in [1.29, 1.82) is 0 Å². The fraction of sp³-hybridized carbons (Fsp3) is 0.400. The van der Waals surface area contributed by atoms with Gasteiger partial charge in [-0.3, -0.25) is 4.79 Å². The number of fused-ring (bicyclic) bond motifs is 1. The van der Waals surface area contributed by atoms with Crippen LogP contribution in [0.2, 0.25) is 0 Å². The minimum atomic E-state index is -0.0388. The number of pyridine rings is 1. The van der Waals surface area contributed by atoms with Crippen LogP contribution in [-0.2, 0) is 0 Å². The third-order valence-electron chi connectivity index (χ3n) is 4.17. The molecule has 1 aliphatic heterocycles. The SMILES string of the molecule is Cc1c(C2CCNCC2)c(=O)n(N)c2ccccc12. The first kappa shape index (κ1) is 12.2. The van der Waals surface area contributed by atoms with Crippen molar-refractivity contribution in [2.24, 2.45) is 0 Å². The van der Waals surface area contributed by atoms with E-state index >= 15 is 0 Å². The second-order valence-corrected chi connectivity index (χ2v) is 5.26. The van der Waals surface area contributed by atoms with Gasteiger partial charge in [0.1, 0.15) is 0 Å². The van der Waals surface area contributed by atoms with Gasteiger partial charge >= 0.3 is 0 Å². The molecule has 2 heterocycles. The minimum Gasteiger partial charge on any atom is -0.336 e. The molecule has 1 aromatic heterocycles. The van der Waals surface area contributed by atoms with Crippen molar-refractivity contribution in [1.82, 2.24) is 9.99 Å². The number of hydrogen-bond donors (Lipinski definition) is 2. The van der Waals surface area contributed by atoms with Gasteiger partial charge < -0.3 is 11.2 Å². The minimum absolute atomic E-state index is 0.0388. The Balaban J connectivity index is 2.27. The van der Waals surface area contributed by atoms with Gasteiger partial charge in [0.25, 0.3) is 5.56 Å². The Kier molecular flexibility index (Phi) is 3.03. The topological polar surface area (TPSA) is 60.0 Å². The molecule has 4 nitrogen and oxygen atoms in total. The smallest absolute Gasteiger partial charge is 0.272 e. The maximum Gasteiger partial charge on any atom is 0.272 e. The Labute approximate surface area is 112 Å². The molecule has 3 rings (SSSR count). The summed E-state index contributed by atoms with van der Waals surface area (Å²) in [6, 6.07) is 7.84. The maximum absolute atomic E-state index is 12.5. The van der Waals surface area contributed by atoms with E-state index in [-0.39, 0.29) is 5.56 Å². The van der Waals surface area contributed by atoms with Gasteiger partial charge in [0.2, 0.25) is 0 Å². The van der Waals surface area contributed by atoms with Crippen molar-refractivity contribution in [2.45, 2.75) is 25.7 Å². The number of nitrogens with one attached hydrogen (secondary N) is 1. The summed E-state index contributed by atoms with van der Waals surface area (Å²) in [5.74, 6) is 6.31. The molecular formula is C15H19N3O. The molecular weight excluding hydrogens is 238 g/mol. The largest absolute Gasteiger partial charge is 0.336 e. The van der Waals surface area contributed by atoms with Crippen LogP contribution >= 0.6 is 0 Å². The lowest BCUT2D eigenvalue weighted by Crippen LogP contribution is -2.35. The molecule has 0 bridgehead atoms. The van der Waals surface area contributed by atoms with Gasteiger partial charge in [-0.1, -0.05) is 18.2 Å². The molecule has 0 amide bonds. The van der Waals surface area contributed by atoms with Crippen LogP contribution < -0.4 is 16.7 Å². The highest BCUT2D eigenvalue weighted by Gasteiger charge is 2.22. The second kappa shape index (κ2) is 4.70. The van der Waals surface area contributed by atoms with Crippen LogP contribution in [0.25, 0.3) is 10.9 Å². The first-order valence-corrected chi connectivity index (χ1v) is 6.80. The van der Waals surface area contributed by atoms with Gasteiger partial charge in [0.15, 0.2) is 0 Å². The van der Waals surface area contributed by atoms with Crippen molar-refractivity contribution in [3.05, 3.63) is 45.7 Å². The summed E-state index contributed by atoms with van der Waals surface area (Å²) in [4.78, 5) is 12.5. The average Bonchev–Trinajstić information content (AvgIpc) is 2.46. The van der Waals surface area contributed by atoms with E-state index in [0.29, 0.717) is 5.92 Å². The first-order valence-electron chi connectivity index (χ1n) is 6.80. The number of rotatable bonds is 1. The fourth-order valence-corrected chi connectivity index (χ4v) is 3.14. The highest BCUT2D eigenvalue weighted by atomic mass is 16.1. The van der Waals surface area contributed by atoms with Crippen LogP contribution in [0.5, 0.6) is 0 Å². The van der Waals surface area contributed by atoms with E-state index in [1.165, 1.54) is 4.68 Å². The number of benzene rings is 1. The number of nitrogens with zero attached hydrogens (tertiary/aromatic N) is 1. The van der Waals surface area contributed by atoms with E-state index in [1.54, 1.807) is 0 Å². The third kappa shape index (κ3) is 1.92. The maximum atomic E-state index is 12.5. The molecule has 19 heavy (non-hydrogen) atoms. The molecule has 100 valence electrons. The zero-order valence-electron chi connectivity index (χ0n) is 11.1. The lowest BCUT2D eigenvalue weighted by molar-refractivity contribution is 0.456. The van der Waals surface area contributed by atoms with Crippen molar-refractivity contribution in [2.75, 3.05) is 18.9 Å². The number of para-hydroxylation sites is 1. The number of aromatic nitrogens is 1. The van der Waals surface area contributed by atoms with E-state index in [4.69, 9.17) is 5.84 Å². The second-order valence-electron chi connectivity index (χ2n) is 5.26. The molecule has 1 fully saturated rings. The predicted octanol–water partition coefficient (Wildman–Crippen LogP) is 1.49. The van der Waals surface area contributed by atoms with Crippen molar-refractivity contribution >= 4 is 10.9 Å². The third-order valence-corrected chi connectivity index (χ3v) is 4.17. The summed E-state index contributed by atoms with van der Waals surface area (Å²) in [6.45, 7) is 3.99. The molecule has 2 aromatic rings. The zero-order valence-corrected chi connectivity index (χ0v) is 11.1. The van der Waals surface area contributed by atoms with Crippen LogP contribution in [-0.4, -0.2) is 17.8 Å². The summed E-state index contributed by atoms with van der Waals surface area (Å²) in [6.07, 6.45) is 2.02. The van der Waals surface area contributed by atoms with Gasteiger partial charge in [0.05, 0.1) is 5.52 Å². The van der Waals surface area contributed by atoms with Crippen molar-refractivity contribution < 1.29 is 0 Å². The summed E-state index contributed by atoms with van der Waals surface area (Å²) >= 11 is 0. The van der Waals surface area contributed by atoms with E-state index in [2.05, 4.69) is 5.32 Å². The molecule has 4 heteroatoms. The van der Waals surface area contributed by atoms with Crippen LogP contribution in [0.3, 0.4) is 0 Å². The first-order chi connectivity index (χ1) is 9.20. The molecule has 0 aliphatic carbocycles. The Hall–Kier alpha value is -1.81. The lowest BCUT2D eigenvalue weighted by Gasteiger charge is -2.25. The summed E-state index contributed by atoms with van der Waals surface area (Å²) in [7, 11) is 0. The average molecular weight is 257 g/mol.